The molecule has 1 aliphatic carbocycles. The fourth-order valence-corrected chi connectivity index (χ4v) is 2.57. The van der Waals surface area contributed by atoms with Crippen molar-refractivity contribution < 1.29 is 4.79 Å². The predicted molar refractivity (Wildman–Crippen MR) is 82.1 cm³/mol. The minimum Gasteiger partial charge on any atom is -0.386 e. The van der Waals surface area contributed by atoms with Crippen molar-refractivity contribution in [1.82, 2.24) is 10.6 Å². The zero-order valence-corrected chi connectivity index (χ0v) is 12.4. The van der Waals surface area contributed by atoms with E-state index >= 15 is 0 Å². The molecule has 0 heterocycles. The van der Waals surface area contributed by atoms with E-state index in [1.165, 1.54) is 11.8 Å². The number of carbonyl (C=O) groups is 1. The largest absolute Gasteiger partial charge is 0.386 e. The molecule has 0 atom stereocenters. The number of nitrogens with zero attached hydrogens (tertiary/aromatic N) is 1. The number of aryl methyl sites for hydroxylation is 1. The Balaban J connectivity index is 1.87. The van der Waals surface area contributed by atoms with Gasteiger partial charge >= 0.3 is 0 Å². The van der Waals surface area contributed by atoms with Crippen LogP contribution in [0.3, 0.4) is 0 Å². The molecular formula is C17H21N3O. The summed E-state index contributed by atoms with van der Waals surface area (Å²) in [4.78, 5) is 12.0. The molecule has 2 N–H and O–H groups in total. The van der Waals surface area contributed by atoms with E-state index in [0.29, 0.717) is 6.54 Å². The van der Waals surface area contributed by atoms with Gasteiger partial charge in [-0.25, -0.2) is 0 Å². The summed E-state index contributed by atoms with van der Waals surface area (Å²) in [5.41, 5.74) is 2.45. The summed E-state index contributed by atoms with van der Waals surface area (Å²) in [5, 5.41) is 15.1. The van der Waals surface area contributed by atoms with Gasteiger partial charge in [-0.2, -0.15) is 5.26 Å². The molecule has 0 bridgehead atoms. The molecule has 0 radical (unpaired) electrons. The summed E-state index contributed by atoms with van der Waals surface area (Å²) in [7, 11) is 0. The normalized spacial score (nSPS) is 15.5. The van der Waals surface area contributed by atoms with Crippen LogP contribution >= 0.6 is 0 Å². The van der Waals surface area contributed by atoms with Gasteiger partial charge in [0.15, 0.2) is 0 Å². The first-order chi connectivity index (χ1) is 10.2. The van der Waals surface area contributed by atoms with Crippen molar-refractivity contribution >= 4 is 5.91 Å². The van der Waals surface area contributed by atoms with Crippen LogP contribution in [0.15, 0.2) is 36.0 Å². The molecule has 1 aromatic rings. The van der Waals surface area contributed by atoms with Gasteiger partial charge in [-0.15, -0.1) is 0 Å². The fourth-order valence-electron chi connectivity index (χ4n) is 2.57. The van der Waals surface area contributed by atoms with Gasteiger partial charge in [0.2, 0.25) is 0 Å². The average molecular weight is 283 g/mol. The lowest BCUT2D eigenvalue weighted by Gasteiger charge is -2.11. The third kappa shape index (κ3) is 4.64. The second-order valence-corrected chi connectivity index (χ2v) is 5.49. The Bertz CT molecular complexity index is 566. The zero-order chi connectivity index (χ0) is 15.1. The highest BCUT2D eigenvalue weighted by Crippen LogP contribution is 2.17. The number of nitrogens with one attached hydrogen (secondary N) is 2. The maximum absolute atomic E-state index is 12.0. The highest BCUT2D eigenvalue weighted by Gasteiger charge is 2.19. The Kier molecular flexibility index (Phi) is 5.39. The number of hydrogen-bond donors (Lipinski definition) is 2. The van der Waals surface area contributed by atoms with E-state index in [0.717, 1.165) is 31.2 Å². The summed E-state index contributed by atoms with van der Waals surface area (Å²) >= 11 is 0. The van der Waals surface area contributed by atoms with Gasteiger partial charge in [-0.1, -0.05) is 42.7 Å². The molecule has 0 unspecified atom stereocenters. The number of amides is 1. The lowest BCUT2D eigenvalue weighted by Crippen LogP contribution is -2.33. The molecule has 1 amide bonds. The molecule has 0 spiro atoms. The standard InChI is InChI=1S/C17H21N3O/c1-13-5-4-6-14(9-13)11-19-12-15(10-18)17(21)20-16-7-2-3-8-16/h4-6,9,12,16,19H,2-3,7-8,11H2,1H3,(H,20,21)/b15-12-. The van der Waals surface area contributed by atoms with E-state index in [4.69, 9.17) is 5.26 Å². The zero-order valence-electron chi connectivity index (χ0n) is 12.4. The summed E-state index contributed by atoms with van der Waals surface area (Å²) in [6.45, 7) is 2.64. The lowest BCUT2D eigenvalue weighted by atomic mass is 10.1. The summed E-state index contributed by atoms with van der Waals surface area (Å²) < 4.78 is 0. The van der Waals surface area contributed by atoms with Crippen molar-refractivity contribution in [1.29, 1.82) is 5.26 Å². The molecule has 1 aliphatic rings. The van der Waals surface area contributed by atoms with Crippen LogP contribution in [0, 0.1) is 18.3 Å². The van der Waals surface area contributed by atoms with E-state index in [9.17, 15) is 4.79 Å². The van der Waals surface area contributed by atoms with Gasteiger partial charge in [-0.05, 0) is 25.3 Å². The van der Waals surface area contributed by atoms with Crippen molar-refractivity contribution in [2.75, 3.05) is 0 Å². The van der Waals surface area contributed by atoms with Gasteiger partial charge in [0.05, 0.1) is 0 Å². The van der Waals surface area contributed by atoms with Crippen LogP contribution in [0.4, 0.5) is 0 Å². The minimum absolute atomic E-state index is 0.134. The molecule has 1 fully saturated rings. The quantitative estimate of drug-likeness (QED) is 0.644. The number of nitriles is 1. The molecule has 4 nitrogen and oxygen atoms in total. The van der Waals surface area contributed by atoms with E-state index < -0.39 is 0 Å². The lowest BCUT2D eigenvalue weighted by molar-refractivity contribution is -0.117. The minimum atomic E-state index is -0.277. The van der Waals surface area contributed by atoms with Crippen LogP contribution < -0.4 is 10.6 Å². The smallest absolute Gasteiger partial charge is 0.263 e. The van der Waals surface area contributed by atoms with Crippen LogP contribution in [0.2, 0.25) is 0 Å². The maximum atomic E-state index is 12.0. The SMILES string of the molecule is Cc1cccc(CN/C=C(/C#N)C(=O)NC2CCCC2)c1. The van der Waals surface area contributed by atoms with E-state index in [1.807, 2.05) is 31.2 Å². The van der Waals surface area contributed by atoms with Crippen LogP contribution in [-0.2, 0) is 11.3 Å². The average Bonchev–Trinajstić information content (AvgIpc) is 2.96. The molecule has 0 aromatic heterocycles. The van der Waals surface area contributed by atoms with Crippen molar-refractivity contribution in [2.45, 2.75) is 45.2 Å². The first-order valence-electron chi connectivity index (χ1n) is 7.39. The summed E-state index contributed by atoms with van der Waals surface area (Å²) in [6, 6.07) is 10.3. The Morgan fingerprint density at radius 2 is 2.19 bits per heavy atom. The molecule has 2 rings (SSSR count). The number of carbonyl (C=O) groups excluding carboxylic acids is 1. The fraction of sp³-hybridized carbons (Fsp3) is 0.412. The van der Waals surface area contributed by atoms with Gasteiger partial charge in [-0.3, -0.25) is 4.79 Å². The first-order valence-corrected chi connectivity index (χ1v) is 7.39. The van der Waals surface area contributed by atoms with E-state index in [2.05, 4.69) is 16.7 Å². The number of benzene rings is 1. The van der Waals surface area contributed by atoms with Gasteiger partial charge in [0.25, 0.3) is 5.91 Å². The molecule has 21 heavy (non-hydrogen) atoms. The molecule has 0 saturated heterocycles. The van der Waals surface area contributed by atoms with Crippen molar-refractivity contribution in [2.24, 2.45) is 0 Å². The third-order valence-corrected chi connectivity index (χ3v) is 3.69. The van der Waals surface area contributed by atoms with Gasteiger partial charge < -0.3 is 10.6 Å². The van der Waals surface area contributed by atoms with Gasteiger partial charge in [0, 0.05) is 18.8 Å². The second kappa shape index (κ2) is 7.49. The van der Waals surface area contributed by atoms with Crippen LogP contribution in [0.5, 0.6) is 0 Å². The molecule has 1 saturated carbocycles. The van der Waals surface area contributed by atoms with Gasteiger partial charge in [0.1, 0.15) is 11.6 Å². The second-order valence-electron chi connectivity index (χ2n) is 5.49. The first kappa shape index (κ1) is 15.1. The highest BCUT2D eigenvalue weighted by molar-refractivity contribution is 5.97. The van der Waals surface area contributed by atoms with Crippen LogP contribution in [0.1, 0.15) is 36.8 Å². The van der Waals surface area contributed by atoms with Crippen molar-refractivity contribution in [3.05, 3.63) is 47.2 Å². The maximum Gasteiger partial charge on any atom is 0.263 e. The number of rotatable bonds is 5. The highest BCUT2D eigenvalue weighted by atomic mass is 16.1. The van der Waals surface area contributed by atoms with Crippen LogP contribution in [-0.4, -0.2) is 11.9 Å². The third-order valence-electron chi connectivity index (χ3n) is 3.69. The molecular weight excluding hydrogens is 262 g/mol. The van der Waals surface area contributed by atoms with E-state index in [1.54, 1.807) is 0 Å². The van der Waals surface area contributed by atoms with Crippen LogP contribution in [0.25, 0.3) is 0 Å². The Morgan fingerprint density at radius 3 is 2.86 bits per heavy atom. The Hall–Kier alpha value is -2.28. The molecule has 0 aliphatic heterocycles. The Morgan fingerprint density at radius 1 is 1.43 bits per heavy atom. The van der Waals surface area contributed by atoms with Crippen molar-refractivity contribution in [3.63, 3.8) is 0 Å². The van der Waals surface area contributed by atoms with E-state index in [-0.39, 0.29) is 17.5 Å². The molecule has 4 heteroatoms. The predicted octanol–water partition coefficient (Wildman–Crippen LogP) is 2.55. The monoisotopic (exact) mass is 283 g/mol. The Labute approximate surface area is 125 Å². The summed E-state index contributed by atoms with van der Waals surface area (Å²) in [5.74, 6) is -0.277. The summed E-state index contributed by atoms with van der Waals surface area (Å²) in [6.07, 6.45) is 5.85. The topological polar surface area (TPSA) is 64.9 Å². The van der Waals surface area contributed by atoms with Crippen molar-refractivity contribution in [3.8, 4) is 6.07 Å². The number of hydrogen-bond acceptors (Lipinski definition) is 3. The molecule has 1 aromatic carbocycles. The molecule has 110 valence electrons.